The quantitative estimate of drug-likeness (QED) is 0.453. The number of carbonyl (C=O) groups excluding carboxylic acids is 1. The molecule has 0 bridgehead atoms. The number of ether oxygens (including phenoxy) is 1. The Balaban J connectivity index is 1.31. The number of piperazine rings is 1. The fourth-order valence-corrected chi connectivity index (χ4v) is 5.01. The molecule has 1 fully saturated rings. The Morgan fingerprint density at radius 3 is 3.03 bits per heavy atom. The van der Waals surface area contributed by atoms with Gasteiger partial charge in [0.1, 0.15) is 11.3 Å². The lowest BCUT2D eigenvalue weighted by atomic mass is 10.1. The summed E-state index contributed by atoms with van der Waals surface area (Å²) in [6, 6.07) is 10.0. The van der Waals surface area contributed by atoms with Crippen LogP contribution in [0.1, 0.15) is 25.8 Å². The Bertz CT molecular complexity index is 1200. The number of amides is 1. The lowest BCUT2D eigenvalue weighted by molar-refractivity contribution is -0.133. The van der Waals surface area contributed by atoms with Gasteiger partial charge in [-0.15, -0.1) is 0 Å². The van der Waals surface area contributed by atoms with E-state index in [1.54, 1.807) is 13.1 Å². The van der Waals surface area contributed by atoms with Gasteiger partial charge in [-0.3, -0.25) is 9.69 Å². The lowest BCUT2D eigenvalue weighted by Gasteiger charge is -2.40. The highest BCUT2D eigenvalue weighted by molar-refractivity contribution is 7.20. The minimum absolute atomic E-state index is 0.164. The van der Waals surface area contributed by atoms with Crippen LogP contribution < -0.4 is 4.74 Å². The molecule has 1 aliphatic rings. The molecule has 0 N–H and O–H groups in total. The van der Waals surface area contributed by atoms with Crippen molar-refractivity contribution in [1.82, 2.24) is 19.8 Å². The van der Waals surface area contributed by atoms with Gasteiger partial charge in [-0.05, 0) is 30.7 Å². The average molecular weight is 437 g/mol. The summed E-state index contributed by atoms with van der Waals surface area (Å²) in [6.07, 6.45) is 4.52. The van der Waals surface area contributed by atoms with E-state index >= 15 is 0 Å². The third kappa shape index (κ3) is 4.00. The third-order valence-corrected chi connectivity index (χ3v) is 6.70. The minimum atomic E-state index is 0.164. The first-order valence-electron chi connectivity index (χ1n) is 10.5. The number of hydrogen-bond acceptors (Lipinski definition) is 7. The molecule has 31 heavy (non-hydrogen) atoms. The van der Waals surface area contributed by atoms with Crippen molar-refractivity contribution in [2.24, 2.45) is 0 Å². The van der Waals surface area contributed by atoms with Crippen LogP contribution in [0.25, 0.3) is 21.3 Å². The van der Waals surface area contributed by atoms with Crippen molar-refractivity contribution in [3.63, 3.8) is 0 Å². The van der Waals surface area contributed by atoms with Crippen LogP contribution >= 0.6 is 11.3 Å². The van der Waals surface area contributed by atoms with Crippen molar-refractivity contribution in [1.29, 1.82) is 0 Å². The standard InChI is InChI=1S/C23H24N4O3S/c1-3-17-13-26(9-10-27(17)15(2)28)12-16-14-29-20-11-18(6-7-19(16)20)30-23-25-22-21(31-23)5-4-8-24-22/h4-8,11,14,17H,3,9-10,12-13H2,1-2H3. The van der Waals surface area contributed by atoms with E-state index in [4.69, 9.17) is 9.15 Å². The van der Waals surface area contributed by atoms with Gasteiger partial charge in [0.05, 0.1) is 11.0 Å². The maximum absolute atomic E-state index is 11.9. The third-order valence-electron chi connectivity index (χ3n) is 5.81. The fourth-order valence-electron chi connectivity index (χ4n) is 4.21. The number of fused-ring (bicyclic) bond motifs is 2. The molecular formula is C23H24N4O3S. The number of furan rings is 1. The molecule has 7 nitrogen and oxygen atoms in total. The molecule has 1 aromatic carbocycles. The van der Waals surface area contributed by atoms with Crippen LogP contribution in [0.3, 0.4) is 0 Å². The van der Waals surface area contributed by atoms with Gasteiger partial charge < -0.3 is 14.1 Å². The smallest absolute Gasteiger partial charge is 0.281 e. The van der Waals surface area contributed by atoms with E-state index in [0.717, 1.165) is 53.8 Å². The van der Waals surface area contributed by atoms with E-state index in [0.29, 0.717) is 16.6 Å². The van der Waals surface area contributed by atoms with Crippen LogP contribution in [-0.4, -0.2) is 51.4 Å². The first-order valence-corrected chi connectivity index (χ1v) is 11.3. The molecular weight excluding hydrogens is 412 g/mol. The molecule has 0 spiro atoms. The zero-order valence-electron chi connectivity index (χ0n) is 17.6. The number of benzene rings is 1. The van der Waals surface area contributed by atoms with E-state index in [1.165, 1.54) is 11.3 Å². The largest absolute Gasteiger partial charge is 0.464 e. The summed E-state index contributed by atoms with van der Waals surface area (Å²) in [7, 11) is 0. The summed E-state index contributed by atoms with van der Waals surface area (Å²) in [4.78, 5) is 24.9. The van der Waals surface area contributed by atoms with E-state index in [9.17, 15) is 4.79 Å². The van der Waals surface area contributed by atoms with Crippen molar-refractivity contribution in [2.45, 2.75) is 32.9 Å². The van der Waals surface area contributed by atoms with Gasteiger partial charge in [-0.2, -0.15) is 4.98 Å². The number of rotatable bonds is 5. The molecule has 1 saturated heterocycles. The van der Waals surface area contributed by atoms with Crippen molar-refractivity contribution >= 4 is 38.6 Å². The second-order valence-corrected chi connectivity index (χ2v) is 8.83. The first kappa shape index (κ1) is 20.0. The van der Waals surface area contributed by atoms with Gasteiger partial charge in [-0.25, -0.2) is 4.98 Å². The van der Waals surface area contributed by atoms with Gasteiger partial charge in [0.15, 0.2) is 5.65 Å². The predicted molar refractivity (Wildman–Crippen MR) is 120 cm³/mol. The Morgan fingerprint density at radius 2 is 2.23 bits per heavy atom. The molecule has 0 aliphatic carbocycles. The summed E-state index contributed by atoms with van der Waals surface area (Å²) in [5.74, 6) is 0.852. The first-order chi connectivity index (χ1) is 15.1. The highest BCUT2D eigenvalue weighted by atomic mass is 32.1. The Labute approximate surface area is 184 Å². The van der Waals surface area contributed by atoms with Gasteiger partial charge in [0.2, 0.25) is 5.91 Å². The van der Waals surface area contributed by atoms with Crippen LogP contribution in [0.4, 0.5) is 0 Å². The minimum Gasteiger partial charge on any atom is -0.464 e. The number of carbonyl (C=O) groups is 1. The Morgan fingerprint density at radius 1 is 1.32 bits per heavy atom. The zero-order valence-corrected chi connectivity index (χ0v) is 18.4. The molecule has 0 radical (unpaired) electrons. The monoisotopic (exact) mass is 436 g/mol. The van der Waals surface area contributed by atoms with Crippen molar-refractivity contribution in [3.05, 3.63) is 48.4 Å². The molecule has 4 heterocycles. The summed E-state index contributed by atoms with van der Waals surface area (Å²) >= 11 is 1.47. The number of pyridine rings is 1. The lowest BCUT2D eigenvalue weighted by Crippen LogP contribution is -2.54. The van der Waals surface area contributed by atoms with E-state index in [-0.39, 0.29) is 11.9 Å². The molecule has 1 amide bonds. The average Bonchev–Trinajstić information content (AvgIpc) is 3.36. The molecule has 4 aromatic rings. The maximum atomic E-state index is 11.9. The summed E-state index contributed by atoms with van der Waals surface area (Å²) in [6.45, 7) is 7.13. The van der Waals surface area contributed by atoms with Crippen molar-refractivity contribution in [2.75, 3.05) is 19.6 Å². The second-order valence-electron chi connectivity index (χ2n) is 7.84. The fraction of sp³-hybridized carbons (Fsp3) is 0.348. The zero-order chi connectivity index (χ0) is 21.4. The molecule has 160 valence electrons. The number of thiazole rings is 1. The molecule has 5 rings (SSSR count). The van der Waals surface area contributed by atoms with Crippen LogP contribution in [0, 0.1) is 0 Å². The molecule has 1 aliphatic heterocycles. The van der Waals surface area contributed by atoms with Crippen LogP contribution in [-0.2, 0) is 11.3 Å². The topological polar surface area (TPSA) is 71.7 Å². The van der Waals surface area contributed by atoms with E-state index < -0.39 is 0 Å². The summed E-state index contributed by atoms with van der Waals surface area (Å²) < 4.78 is 12.8. The van der Waals surface area contributed by atoms with Crippen LogP contribution in [0.2, 0.25) is 0 Å². The van der Waals surface area contributed by atoms with Crippen LogP contribution in [0.5, 0.6) is 10.9 Å². The van der Waals surface area contributed by atoms with Gasteiger partial charge in [0, 0.05) is 62.4 Å². The highest BCUT2D eigenvalue weighted by Crippen LogP contribution is 2.33. The summed E-state index contributed by atoms with van der Waals surface area (Å²) in [5, 5.41) is 1.65. The van der Waals surface area contributed by atoms with Gasteiger partial charge >= 0.3 is 0 Å². The number of hydrogen-bond donors (Lipinski definition) is 0. The van der Waals surface area contributed by atoms with Gasteiger partial charge in [0.25, 0.3) is 5.19 Å². The molecule has 3 aromatic heterocycles. The van der Waals surface area contributed by atoms with E-state index in [2.05, 4.69) is 21.8 Å². The normalized spacial score (nSPS) is 17.5. The van der Waals surface area contributed by atoms with Crippen molar-refractivity contribution < 1.29 is 13.9 Å². The highest BCUT2D eigenvalue weighted by Gasteiger charge is 2.27. The Hall–Kier alpha value is -2.97. The SMILES string of the molecule is CCC1CN(Cc2coc3cc(Oc4nc5ncccc5s4)ccc23)CCN1C(C)=O. The maximum Gasteiger partial charge on any atom is 0.281 e. The number of nitrogens with zero attached hydrogens (tertiary/aromatic N) is 4. The van der Waals surface area contributed by atoms with E-state index in [1.807, 2.05) is 41.5 Å². The molecule has 8 heteroatoms. The van der Waals surface area contributed by atoms with Crippen molar-refractivity contribution in [3.8, 4) is 10.9 Å². The van der Waals surface area contributed by atoms with Gasteiger partial charge in [-0.1, -0.05) is 18.3 Å². The molecule has 1 atom stereocenters. The summed E-state index contributed by atoms with van der Waals surface area (Å²) in [5.41, 5.74) is 2.64. The van der Waals surface area contributed by atoms with Crippen LogP contribution in [0.15, 0.2) is 47.2 Å². The predicted octanol–water partition coefficient (Wildman–Crippen LogP) is 4.67. The number of aromatic nitrogens is 2. The Kier molecular flexibility index (Phi) is 5.33. The second kappa shape index (κ2) is 8.28. The molecule has 1 unspecified atom stereocenters. The molecule has 0 saturated carbocycles.